The number of amides is 4. The van der Waals surface area contributed by atoms with Crippen molar-refractivity contribution < 1.29 is 46.2 Å². The smallest absolute Gasteiger partial charge is 0.408 e. The van der Waals surface area contributed by atoms with Gasteiger partial charge in [-0.25, -0.2) is 22.6 Å². The van der Waals surface area contributed by atoms with Crippen molar-refractivity contribution in [3.05, 3.63) is 41.6 Å². The van der Waals surface area contributed by atoms with E-state index in [0.717, 1.165) is 12.8 Å². The van der Waals surface area contributed by atoms with Gasteiger partial charge in [0.05, 0.1) is 29.6 Å². The van der Waals surface area contributed by atoms with Gasteiger partial charge in [-0.2, -0.15) is 0 Å². The van der Waals surface area contributed by atoms with Gasteiger partial charge in [0.25, 0.3) is 5.91 Å². The zero-order valence-corrected chi connectivity index (χ0v) is 33.6. The Labute approximate surface area is 326 Å². The van der Waals surface area contributed by atoms with E-state index in [1.807, 2.05) is 12.2 Å². The predicted octanol–water partition coefficient (Wildman–Crippen LogP) is 4.97. The van der Waals surface area contributed by atoms with Gasteiger partial charge in [-0.3, -0.25) is 19.1 Å². The third kappa shape index (κ3) is 7.52. The van der Waals surface area contributed by atoms with Gasteiger partial charge < -0.3 is 29.7 Å². The predicted molar refractivity (Wildman–Crippen MR) is 204 cm³/mol. The lowest BCUT2D eigenvalue weighted by Gasteiger charge is -2.38. The van der Waals surface area contributed by atoms with Gasteiger partial charge in [0, 0.05) is 29.7 Å². The van der Waals surface area contributed by atoms with Crippen LogP contribution in [0.5, 0.6) is 11.5 Å². The highest BCUT2D eigenvalue weighted by atomic mass is 32.2. The minimum absolute atomic E-state index is 0.145. The van der Waals surface area contributed by atoms with E-state index in [0.29, 0.717) is 53.6 Å². The van der Waals surface area contributed by atoms with Crippen LogP contribution in [0, 0.1) is 12.8 Å². The fraction of sp³-hybridized carbons (Fsp3) is 0.625. The first-order valence-electron chi connectivity index (χ1n) is 19.5. The van der Waals surface area contributed by atoms with E-state index in [4.69, 9.17) is 14.2 Å². The number of alkyl halides is 1. The maximum absolute atomic E-state index is 16.8. The molecule has 14 nitrogen and oxygen atoms in total. The summed E-state index contributed by atoms with van der Waals surface area (Å²) in [5.41, 5.74) is -2.55. The molecule has 0 radical (unpaired) electrons. The molecule has 3 N–H and O–H groups in total. The number of aryl methyl sites for hydroxylation is 1. The molecule has 6 atom stereocenters. The fourth-order valence-corrected chi connectivity index (χ4v) is 9.60. The summed E-state index contributed by atoms with van der Waals surface area (Å²) in [5.74, 6) is -1.91. The summed E-state index contributed by atoms with van der Waals surface area (Å²) in [5, 5.41) is 6.11. The molecule has 0 unspecified atom stereocenters. The minimum atomic E-state index is -4.04. The monoisotopic (exact) mass is 797 g/mol. The largest absolute Gasteiger partial charge is 0.497 e. The van der Waals surface area contributed by atoms with Crippen molar-refractivity contribution >= 4 is 44.7 Å². The summed E-state index contributed by atoms with van der Waals surface area (Å²) in [4.78, 5) is 62.4. The number of hydrogen-bond acceptors (Lipinski definition) is 10. The number of fused-ring (bicyclic) bond motifs is 5. The van der Waals surface area contributed by atoms with Crippen molar-refractivity contribution in [3.8, 4) is 11.5 Å². The van der Waals surface area contributed by atoms with Crippen molar-refractivity contribution in [2.24, 2.45) is 5.92 Å². The van der Waals surface area contributed by atoms with E-state index in [9.17, 15) is 27.6 Å². The molecule has 304 valence electrons. The van der Waals surface area contributed by atoms with Crippen LogP contribution in [0.15, 0.2) is 30.4 Å². The summed E-state index contributed by atoms with van der Waals surface area (Å²) in [6.45, 7) is 8.19. The van der Waals surface area contributed by atoms with Gasteiger partial charge >= 0.3 is 6.09 Å². The van der Waals surface area contributed by atoms with Crippen LogP contribution in [0.2, 0.25) is 0 Å². The number of ether oxygens (including phenoxy) is 3. The molecule has 4 amide bonds. The van der Waals surface area contributed by atoms with Crippen LogP contribution < -0.4 is 24.8 Å². The summed E-state index contributed by atoms with van der Waals surface area (Å²) in [7, 11) is -2.52. The molecular formula is C40H52FN5O9S. The van der Waals surface area contributed by atoms with E-state index < -0.39 is 79.5 Å². The third-order valence-electron chi connectivity index (χ3n) is 11.8. The van der Waals surface area contributed by atoms with Crippen LogP contribution in [0.4, 0.5) is 9.18 Å². The van der Waals surface area contributed by atoms with Gasteiger partial charge in [0.1, 0.15) is 46.5 Å². The molecule has 3 aliphatic heterocycles. The lowest BCUT2D eigenvalue weighted by atomic mass is 9.86. The Bertz CT molecular complexity index is 2100. The Kier molecular flexibility index (Phi) is 10.1. The maximum Gasteiger partial charge on any atom is 0.408 e. The molecule has 16 heteroatoms. The van der Waals surface area contributed by atoms with Crippen LogP contribution in [0.1, 0.15) is 109 Å². The van der Waals surface area contributed by atoms with Gasteiger partial charge in [0.2, 0.25) is 21.8 Å². The highest BCUT2D eigenvalue weighted by Gasteiger charge is 2.64. The number of rotatable bonds is 5. The van der Waals surface area contributed by atoms with Crippen molar-refractivity contribution in [1.82, 2.24) is 25.2 Å². The topological polar surface area (TPSA) is 182 Å². The zero-order chi connectivity index (χ0) is 40.4. The Morgan fingerprint density at radius 3 is 2.55 bits per heavy atom. The zero-order valence-electron chi connectivity index (χ0n) is 32.8. The fourth-order valence-electron chi connectivity index (χ4n) is 8.29. The molecule has 3 fully saturated rings. The van der Waals surface area contributed by atoms with Gasteiger partial charge in [-0.05, 0) is 91.3 Å². The van der Waals surface area contributed by atoms with Crippen LogP contribution >= 0.6 is 0 Å². The summed E-state index contributed by atoms with van der Waals surface area (Å²) < 4.78 is 62.0. The first kappa shape index (κ1) is 39.8. The number of allylic oxidation sites excluding steroid dienone is 1. The number of sulfonamides is 1. The Hall–Kier alpha value is -4.47. The Balaban J connectivity index is 1.26. The third-order valence-corrected chi connectivity index (χ3v) is 14.0. The lowest BCUT2D eigenvalue weighted by molar-refractivity contribution is -0.141. The van der Waals surface area contributed by atoms with Crippen LogP contribution in [-0.4, -0.2) is 89.3 Å². The molecule has 2 aliphatic carbocycles. The quantitative estimate of drug-likeness (QED) is 0.350. The molecular weight excluding hydrogens is 746 g/mol. The number of benzene rings is 1. The van der Waals surface area contributed by atoms with E-state index in [2.05, 4.69) is 20.3 Å². The minimum Gasteiger partial charge on any atom is -0.497 e. The van der Waals surface area contributed by atoms with Crippen molar-refractivity contribution in [2.75, 3.05) is 13.7 Å². The van der Waals surface area contributed by atoms with Gasteiger partial charge in [-0.15, -0.1) is 0 Å². The summed E-state index contributed by atoms with van der Waals surface area (Å²) in [6, 6.07) is 2.82. The molecule has 1 saturated heterocycles. The normalized spacial score (nSPS) is 30.7. The number of carbonyl (C=O) groups is 4. The number of methoxy groups -OCH3 is 1. The van der Waals surface area contributed by atoms with Crippen LogP contribution in [0.3, 0.4) is 0 Å². The van der Waals surface area contributed by atoms with Crippen molar-refractivity contribution in [3.63, 3.8) is 0 Å². The average molecular weight is 798 g/mol. The number of halogens is 1. The molecule has 2 aromatic rings. The first-order chi connectivity index (χ1) is 26.3. The molecule has 1 aromatic carbocycles. The molecule has 56 heavy (non-hydrogen) atoms. The SMILES string of the molecule is COc1ccc2nc(C)c3c(c2c1)[C@@H](F)C[C@]1(C[C@H]2C(=O)N[C@]4(C(=O)NS(=O)(=O)C5(C)CC5)C[C@H]4/C=C\CCCCC[C@H](NC(=O)OC(C)(C)C)C(=O)N2C1)O3. The number of pyridine rings is 1. The molecule has 5 aliphatic rings. The summed E-state index contributed by atoms with van der Waals surface area (Å²) in [6.07, 6.45) is 4.95. The molecule has 7 rings (SSSR count). The standard InChI is InChI=1S/C40H52FN5O9S/c1-23-32-31(26-18-25(53-6)14-15-28(26)42-23)27(41)20-39(54-32)21-30-33(47)44-40(35(49)45-56(51,52)38(5)16-17-38)19-24(40)12-10-8-7-9-11-13-29(34(48)46(30)22-39)43-36(50)55-37(2,3)4/h10,12,14-15,18,24,27,29-30H,7-9,11,13,16-17,19-22H2,1-6H3,(H,43,50)(H,44,47)(H,45,49)/b12-10-/t24-,27+,29+,30+,39-,40-/m1/s1. The number of hydrogen-bond donors (Lipinski definition) is 3. The second-order valence-corrected chi connectivity index (χ2v) is 19.6. The van der Waals surface area contributed by atoms with Crippen molar-refractivity contribution in [1.29, 1.82) is 0 Å². The van der Waals surface area contributed by atoms with E-state index in [1.165, 1.54) is 12.0 Å². The second-order valence-electron chi connectivity index (χ2n) is 17.4. The molecule has 1 aromatic heterocycles. The number of nitrogens with zero attached hydrogens (tertiary/aromatic N) is 2. The molecule has 1 spiro atoms. The van der Waals surface area contributed by atoms with E-state index in [1.54, 1.807) is 52.8 Å². The van der Waals surface area contributed by atoms with E-state index >= 15 is 4.39 Å². The summed E-state index contributed by atoms with van der Waals surface area (Å²) >= 11 is 0. The number of carbonyl (C=O) groups excluding carboxylic acids is 4. The van der Waals surface area contributed by atoms with Gasteiger partial charge in [-0.1, -0.05) is 25.0 Å². The Morgan fingerprint density at radius 1 is 1.11 bits per heavy atom. The highest BCUT2D eigenvalue weighted by molar-refractivity contribution is 7.91. The number of alkyl carbamates (subject to hydrolysis) is 1. The Morgan fingerprint density at radius 2 is 1.86 bits per heavy atom. The lowest BCUT2D eigenvalue weighted by Crippen LogP contribution is -2.58. The number of nitrogens with one attached hydrogen (secondary N) is 3. The van der Waals surface area contributed by atoms with Crippen LogP contribution in [0.25, 0.3) is 10.9 Å². The van der Waals surface area contributed by atoms with Crippen molar-refractivity contribution in [2.45, 2.75) is 139 Å². The molecule has 0 bridgehead atoms. The molecule has 4 heterocycles. The maximum atomic E-state index is 16.8. The van der Waals surface area contributed by atoms with Gasteiger partial charge in [0.15, 0.2) is 0 Å². The first-order valence-corrected chi connectivity index (χ1v) is 20.9. The number of aromatic nitrogens is 1. The highest BCUT2D eigenvalue weighted by Crippen LogP contribution is 2.52. The average Bonchev–Trinajstić information content (AvgIpc) is 4.01. The molecule has 2 saturated carbocycles. The van der Waals surface area contributed by atoms with Crippen LogP contribution in [-0.2, 0) is 29.1 Å². The van der Waals surface area contributed by atoms with E-state index in [-0.39, 0.29) is 38.0 Å². The second kappa shape index (κ2) is 14.2.